The number of benzene rings is 1. The van der Waals surface area contributed by atoms with Crippen LogP contribution in [0, 0.1) is 0 Å². The van der Waals surface area contributed by atoms with Crippen molar-refractivity contribution >= 4 is 0 Å². The quantitative estimate of drug-likeness (QED) is 0.811. The van der Waals surface area contributed by atoms with E-state index >= 15 is 0 Å². The molecule has 2 unspecified atom stereocenters. The van der Waals surface area contributed by atoms with Gasteiger partial charge in [0.25, 0.3) is 0 Å². The highest BCUT2D eigenvalue weighted by Crippen LogP contribution is 2.30. The lowest BCUT2D eigenvalue weighted by atomic mass is 10.0. The number of alkyl halides is 3. The Labute approximate surface area is 116 Å². The third kappa shape index (κ3) is 5.48. The van der Waals surface area contributed by atoms with Gasteiger partial charge in [0.15, 0.2) is 0 Å². The molecule has 1 rings (SSSR count). The van der Waals surface area contributed by atoms with Gasteiger partial charge in [0.2, 0.25) is 0 Å². The fraction of sp³-hybridized carbons (Fsp3) is 0.571. The van der Waals surface area contributed by atoms with E-state index < -0.39 is 17.8 Å². The molecule has 2 N–H and O–H groups in total. The molecule has 1 aromatic rings. The number of nitrogens with one attached hydrogen (secondary N) is 1. The van der Waals surface area contributed by atoms with Gasteiger partial charge in [-0.2, -0.15) is 13.2 Å². The second-order valence-corrected chi connectivity index (χ2v) is 4.70. The maximum absolute atomic E-state index is 12.6. The lowest BCUT2D eigenvalue weighted by molar-refractivity contribution is -0.137. The van der Waals surface area contributed by atoms with Gasteiger partial charge in [0.05, 0.1) is 18.3 Å². The van der Waals surface area contributed by atoms with E-state index in [1.54, 1.807) is 13.0 Å². The Morgan fingerprint density at radius 2 is 2.05 bits per heavy atom. The molecule has 0 aliphatic rings. The van der Waals surface area contributed by atoms with E-state index in [0.29, 0.717) is 18.5 Å². The topological polar surface area (TPSA) is 41.5 Å². The maximum atomic E-state index is 12.6. The number of hydrogen-bond acceptors (Lipinski definition) is 3. The Bertz CT molecular complexity index is 410. The zero-order valence-corrected chi connectivity index (χ0v) is 11.6. The molecule has 0 fully saturated rings. The van der Waals surface area contributed by atoms with Gasteiger partial charge in [-0.25, -0.2) is 0 Å². The van der Waals surface area contributed by atoms with Crippen LogP contribution in [0.2, 0.25) is 0 Å². The Morgan fingerprint density at radius 3 is 2.65 bits per heavy atom. The second-order valence-electron chi connectivity index (χ2n) is 4.70. The molecule has 114 valence electrons. The van der Waals surface area contributed by atoms with Crippen LogP contribution in [0.15, 0.2) is 24.3 Å². The molecule has 2 atom stereocenters. The molecular weight excluding hydrogens is 271 g/mol. The molecular formula is C14H20F3NO2. The van der Waals surface area contributed by atoms with Gasteiger partial charge in [0.1, 0.15) is 0 Å². The third-order valence-electron chi connectivity index (χ3n) is 3.00. The molecule has 0 radical (unpaired) electrons. The third-order valence-corrected chi connectivity index (χ3v) is 3.00. The predicted molar refractivity (Wildman–Crippen MR) is 70.4 cm³/mol. The van der Waals surface area contributed by atoms with E-state index in [-0.39, 0.29) is 12.6 Å². The van der Waals surface area contributed by atoms with Gasteiger partial charge in [-0.15, -0.1) is 0 Å². The molecule has 0 saturated heterocycles. The minimum atomic E-state index is -4.33. The molecule has 6 heteroatoms. The summed E-state index contributed by atoms with van der Waals surface area (Å²) in [7, 11) is 1.50. The number of aliphatic hydroxyl groups is 1. The van der Waals surface area contributed by atoms with Crippen molar-refractivity contribution in [3.8, 4) is 0 Å². The van der Waals surface area contributed by atoms with Crippen molar-refractivity contribution in [3.63, 3.8) is 0 Å². The largest absolute Gasteiger partial charge is 0.416 e. The minimum Gasteiger partial charge on any atom is -0.391 e. The summed E-state index contributed by atoms with van der Waals surface area (Å²) in [5.41, 5.74) is -0.0795. The highest BCUT2D eigenvalue weighted by Gasteiger charge is 2.30. The standard InChI is InChI=1S/C14H20F3NO2/c1-10(18-7-6-13(19)9-20-2)11-4-3-5-12(8-11)14(15,16)17/h3-5,8,10,13,18-19H,6-7,9H2,1-2H3. The zero-order valence-electron chi connectivity index (χ0n) is 11.6. The summed E-state index contributed by atoms with van der Waals surface area (Å²) >= 11 is 0. The first-order valence-electron chi connectivity index (χ1n) is 6.42. The molecule has 1 aromatic carbocycles. The fourth-order valence-corrected chi connectivity index (χ4v) is 1.84. The molecule has 0 heterocycles. The summed E-state index contributed by atoms with van der Waals surface area (Å²) in [4.78, 5) is 0. The highest BCUT2D eigenvalue weighted by molar-refractivity contribution is 5.27. The van der Waals surface area contributed by atoms with Crippen molar-refractivity contribution < 1.29 is 23.0 Å². The fourth-order valence-electron chi connectivity index (χ4n) is 1.84. The maximum Gasteiger partial charge on any atom is 0.416 e. The van der Waals surface area contributed by atoms with Crippen molar-refractivity contribution in [1.82, 2.24) is 5.32 Å². The Kier molecular flexibility index (Phi) is 6.45. The molecule has 0 bridgehead atoms. The summed E-state index contributed by atoms with van der Waals surface area (Å²) in [6.45, 7) is 2.54. The molecule has 0 saturated carbocycles. The number of rotatable bonds is 7. The van der Waals surface area contributed by atoms with Crippen molar-refractivity contribution in [2.45, 2.75) is 31.7 Å². The van der Waals surface area contributed by atoms with Gasteiger partial charge in [0, 0.05) is 13.2 Å². The molecule has 0 aliphatic carbocycles. The van der Waals surface area contributed by atoms with Crippen LogP contribution in [-0.2, 0) is 10.9 Å². The average Bonchev–Trinajstić information content (AvgIpc) is 2.38. The van der Waals surface area contributed by atoms with Crippen LogP contribution < -0.4 is 5.32 Å². The van der Waals surface area contributed by atoms with Crippen LogP contribution in [0.5, 0.6) is 0 Å². The predicted octanol–water partition coefficient (Wildman–Crippen LogP) is 2.75. The van der Waals surface area contributed by atoms with Crippen molar-refractivity contribution in [2.24, 2.45) is 0 Å². The van der Waals surface area contributed by atoms with Crippen LogP contribution >= 0.6 is 0 Å². The molecule has 0 aliphatic heterocycles. The van der Waals surface area contributed by atoms with Gasteiger partial charge >= 0.3 is 6.18 Å². The molecule has 3 nitrogen and oxygen atoms in total. The molecule has 0 amide bonds. The van der Waals surface area contributed by atoms with E-state index in [2.05, 4.69) is 5.32 Å². The van der Waals surface area contributed by atoms with E-state index in [9.17, 15) is 18.3 Å². The Morgan fingerprint density at radius 1 is 1.35 bits per heavy atom. The summed E-state index contributed by atoms with van der Waals surface area (Å²) in [6.07, 6.45) is -4.41. The van der Waals surface area contributed by atoms with E-state index in [0.717, 1.165) is 12.1 Å². The van der Waals surface area contributed by atoms with Crippen LogP contribution in [0.25, 0.3) is 0 Å². The number of aliphatic hydroxyl groups excluding tert-OH is 1. The first-order chi connectivity index (χ1) is 9.34. The number of ether oxygens (including phenoxy) is 1. The van der Waals surface area contributed by atoms with Crippen LogP contribution in [0.3, 0.4) is 0 Å². The zero-order chi connectivity index (χ0) is 15.2. The Balaban J connectivity index is 2.53. The van der Waals surface area contributed by atoms with E-state index in [1.165, 1.54) is 13.2 Å². The van der Waals surface area contributed by atoms with Gasteiger partial charge in [-0.05, 0) is 37.6 Å². The van der Waals surface area contributed by atoms with Crippen molar-refractivity contribution in [1.29, 1.82) is 0 Å². The number of hydrogen-bond donors (Lipinski definition) is 2. The van der Waals surface area contributed by atoms with Gasteiger partial charge < -0.3 is 15.2 Å². The first-order valence-corrected chi connectivity index (χ1v) is 6.42. The van der Waals surface area contributed by atoms with E-state index in [1.807, 2.05) is 0 Å². The molecule has 0 aromatic heterocycles. The SMILES string of the molecule is COCC(O)CCNC(C)c1cccc(C(F)(F)F)c1. The number of methoxy groups -OCH3 is 1. The normalized spacial score (nSPS) is 15.1. The second kappa shape index (κ2) is 7.61. The summed E-state index contributed by atoms with van der Waals surface area (Å²) < 4.78 is 42.6. The number of halogens is 3. The first kappa shape index (κ1) is 16.9. The van der Waals surface area contributed by atoms with Crippen molar-refractivity contribution in [2.75, 3.05) is 20.3 Å². The molecule has 20 heavy (non-hydrogen) atoms. The van der Waals surface area contributed by atoms with Gasteiger partial charge in [-0.3, -0.25) is 0 Å². The minimum absolute atomic E-state index is 0.216. The smallest absolute Gasteiger partial charge is 0.391 e. The van der Waals surface area contributed by atoms with Gasteiger partial charge in [-0.1, -0.05) is 12.1 Å². The lowest BCUT2D eigenvalue weighted by Gasteiger charge is -2.17. The average molecular weight is 291 g/mol. The lowest BCUT2D eigenvalue weighted by Crippen LogP contribution is -2.25. The van der Waals surface area contributed by atoms with Crippen LogP contribution in [0.1, 0.15) is 30.5 Å². The van der Waals surface area contributed by atoms with Crippen LogP contribution in [0.4, 0.5) is 13.2 Å². The monoisotopic (exact) mass is 291 g/mol. The summed E-state index contributed by atoms with van der Waals surface area (Å²) in [5, 5.41) is 12.6. The van der Waals surface area contributed by atoms with Crippen LogP contribution in [-0.4, -0.2) is 31.5 Å². The molecule has 0 spiro atoms. The van der Waals surface area contributed by atoms with E-state index in [4.69, 9.17) is 4.74 Å². The summed E-state index contributed by atoms with van der Waals surface area (Å²) in [6, 6.07) is 5.03. The Hall–Kier alpha value is -1.11. The van der Waals surface area contributed by atoms with Crippen molar-refractivity contribution in [3.05, 3.63) is 35.4 Å². The highest BCUT2D eigenvalue weighted by atomic mass is 19.4. The summed E-state index contributed by atoms with van der Waals surface area (Å²) in [5.74, 6) is 0.